The van der Waals surface area contributed by atoms with E-state index in [0.717, 1.165) is 39.0 Å². The molecule has 15 heavy (non-hydrogen) atoms. The molecule has 0 aromatic carbocycles. The molecular formula is C13H22N2. The highest BCUT2D eigenvalue weighted by molar-refractivity contribution is 5.19. The van der Waals surface area contributed by atoms with E-state index in [1.807, 2.05) is 0 Å². The van der Waals surface area contributed by atoms with Gasteiger partial charge in [0.05, 0.1) is 12.5 Å². The molecule has 0 saturated carbocycles. The van der Waals surface area contributed by atoms with Gasteiger partial charge in [0.1, 0.15) is 0 Å². The van der Waals surface area contributed by atoms with Gasteiger partial charge in [0, 0.05) is 26.2 Å². The molecule has 2 radical (unpaired) electrons. The van der Waals surface area contributed by atoms with Crippen LogP contribution < -0.4 is 0 Å². The summed E-state index contributed by atoms with van der Waals surface area (Å²) in [4.78, 5) is 4.86. The second kappa shape index (κ2) is 5.53. The lowest BCUT2D eigenvalue weighted by Gasteiger charge is -2.43. The molecule has 2 nitrogen and oxygen atoms in total. The van der Waals surface area contributed by atoms with Crippen LogP contribution in [0.4, 0.5) is 0 Å². The fourth-order valence-corrected chi connectivity index (χ4v) is 2.32. The minimum absolute atomic E-state index is 0.00993. The van der Waals surface area contributed by atoms with E-state index >= 15 is 0 Å². The lowest BCUT2D eigenvalue weighted by Crippen LogP contribution is -2.55. The maximum absolute atomic E-state index is 5.40. The number of nitrogens with zero attached hydrogens (tertiary/aromatic N) is 2. The summed E-state index contributed by atoms with van der Waals surface area (Å²) < 4.78 is 0. The predicted molar refractivity (Wildman–Crippen MR) is 64.5 cm³/mol. The zero-order valence-electron chi connectivity index (χ0n) is 10.2. The first-order valence-corrected chi connectivity index (χ1v) is 5.85. The molecule has 1 aliphatic rings. The van der Waals surface area contributed by atoms with Gasteiger partial charge in [-0.15, -0.1) is 0 Å². The van der Waals surface area contributed by atoms with Gasteiger partial charge in [-0.2, -0.15) is 0 Å². The molecule has 1 heterocycles. The van der Waals surface area contributed by atoms with Crippen molar-refractivity contribution in [1.29, 1.82) is 0 Å². The van der Waals surface area contributed by atoms with E-state index in [1.54, 1.807) is 0 Å². The fraction of sp³-hybridized carbons (Fsp3) is 0.769. The van der Waals surface area contributed by atoms with Crippen molar-refractivity contribution in [3.63, 3.8) is 0 Å². The van der Waals surface area contributed by atoms with Gasteiger partial charge in [0.15, 0.2) is 0 Å². The van der Waals surface area contributed by atoms with E-state index < -0.39 is 0 Å². The Hall–Kier alpha value is -0.520. The Morgan fingerprint density at radius 2 is 1.67 bits per heavy atom. The summed E-state index contributed by atoms with van der Waals surface area (Å²) in [5, 5.41) is 0. The third-order valence-corrected chi connectivity index (χ3v) is 3.58. The van der Waals surface area contributed by atoms with E-state index in [9.17, 15) is 0 Å². The summed E-state index contributed by atoms with van der Waals surface area (Å²) in [5.74, 6) is 5.83. The molecule has 0 bridgehead atoms. The highest BCUT2D eigenvalue weighted by Crippen LogP contribution is 2.24. The van der Waals surface area contributed by atoms with Gasteiger partial charge >= 0.3 is 0 Å². The van der Waals surface area contributed by atoms with Crippen molar-refractivity contribution < 1.29 is 0 Å². The Kier molecular flexibility index (Phi) is 4.63. The number of likely N-dealkylation sites (N-methyl/N-ethyl adjacent to an activating group) is 1. The van der Waals surface area contributed by atoms with Crippen LogP contribution in [0.15, 0.2) is 0 Å². The van der Waals surface area contributed by atoms with E-state index in [-0.39, 0.29) is 5.54 Å². The van der Waals surface area contributed by atoms with Gasteiger partial charge in [0.2, 0.25) is 0 Å². The highest BCUT2D eigenvalue weighted by atomic mass is 15.3. The van der Waals surface area contributed by atoms with E-state index in [1.165, 1.54) is 0 Å². The molecule has 0 unspecified atom stereocenters. The van der Waals surface area contributed by atoms with Crippen LogP contribution in [-0.2, 0) is 0 Å². The van der Waals surface area contributed by atoms with Crippen LogP contribution >= 0.6 is 0 Å². The predicted octanol–water partition coefficient (Wildman–Crippen LogP) is 1.51. The van der Waals surface area contributed by atoms with Crippen LogP contribution in [0.3, 0.4) is 0 Å². The standard InChI is InChI=1S/C13H22N2/c1-5-8-13(6-2,7-3)15-11-9-14(4)10-12-15/h1H,6-7,9-12H2,2-4H3. The van der Waals surface area contributed by atoms with E-state index in [2.05, 4.69) is 42.5 Å². The normalized spacial score (nSPS) is 19.7. The lowest BCUT2D eigenvalue weighted by molar-refractivity contribution is 0.0696. The van der Waals surface area contributed by atoms with Gasteiger partial charge in [-0.05, 0) is 19.9 Å². The summed E-state index contributed by atoms with van der Waals surface area (Å²) in [6.45, 7) is 14.3. The van der Waals surface area contributed by atoms with Gasteiger partial charge in [0.25, 0.3) is 0 Å². The van der Waals surface area contributed by atoms with Crippen molar-refractivity contribution in [3.05, 3.63) is 6.92 Å². The average Bonchev–Trinajstić information content (AvgIpc) is 2.27. The largest absolute Gasteiger partial charge is 0.304 e. The first-order chi connectivity index (χ1) is 7.18. The Morgan fingerprint density at radius 1 is 1.13 bits per heavy atom. The molecule has 1 fully saturated rings. The third-order valence-electron chi connectivity index (χ3n) is 3.58. The summed E-state index contributed by atoms with van der Waals surface area (Å²) in [6, 6.07) is 0. The Labute approximate surface area is 94.6 Å². The second-order valence-electron chi connectivity index (χ2n) is 4.30. The molecule has 0 aliphatic carbocycles. The van der Waals surface area contributed by atoms with Gasteiger partial charge < -0.3 is 4.90 Å². The number of piperazine rings is 1. The Bertz CT molecular complexity index is 237. The summed E-state index contributed by atoms with van der Waals surface area (Å²) in [5.41, 5.74) is 0.00993. The zero-order valence-corrected chi connectivity index (χ0v) is 10.2. The van der Waals surface area contributed by atoms with Gasteiger partial charge in [-0.25, -0.2) is 0 Å². The fourth-order valence-electron chi connectivity index (χ4n) is 2.32. The number of hydrogen-bond donors (Lipinski definition) is 0. The molecule has 1 aliphatic heterocycles. The number of hydrogen-bond acceptors (Lipinski definition) is 2. The van der Waals surface area contributed by atoms with Gasteiger partial charge in [-0.1, -0.05) is 25.7 Å². The minimum Gasteiger partial charge on any atom is -0.304 e. The SMILES string of the molecule is [CH]C#CC(CC)(CC)N1CCN(C)CC1. The first kappa shape index (κ1) is 12.5. The third kappa shape index (κ3) is 2.74. The van der Waals surface area contributed by atoms with Crippen LogP contribution in [0.2, 0.25) is 0 Å². The second-order valence-corrected chi connectivity index (χ2v) is 4.30. The molecule has 0 spiro atoms. The van der Waals surface area contributed by atoms with Crippen molar-refractivity contribution in [2.45, 2.75) is 32.2 Å². The smallest absolute Gasteiger partial charge is 0.0821 e. The summed E-state index contributed by atoms with van der Waals surface area (Å²) in [6.07, 6.45) is 2.11. The molecule has 1 saturated heterocycles. The average molecular weight is 206 g/mol. The molecular weight excluding hydrogens is 184 g/mol. The van der Waals surface area contributed by atoms with Crippen LogP contribution in [-0.4, -0.2) is 48.6 Å². The monoisotopic (exact) mass is 206 g/mol. The molecule has 0 aromatic rings. The van der Waals surface area contributed by atoms with Crippen molar-refractivity contribution in [3.8, 4) is 11.8 Å². The van der Waals surface area contributed by atoms with Crippen molar-refractivity contribution in [2.24, 2.45) is 0 Å². The van der Waals surface area contributed by atoms with E-state index in [4.69, 9.17) is 6.92 Å². The molecule has 0 atom stereocenters. The quantitative estimate of drug-likeness (QED) is 0.646. The number of rotatable bonds is 3. The van der Waals surface area contributed by atoms with Crippen LogP contribution in [0.5, 0.6) is 0 Å². The Balaban J connectivity index is 2.74. The van der Waals surface area contributed by atoms with Crippen molar-refractivity contribution in [1.82, 2.24) is 9.80 Å². The van der Waals surface area contributed by atoms with Crippen LogP contribution in [0.25, 0.3) is 0 Å². The van der Waals surface area contributed by atoms with Crippen molar-refractivity contribution >= 4 is 0 Å². The minimum atomic E-state index is 0.00993. The highest BCUT2D eigenvalue weighted by Gasteiger charge is 2.32. The van der Waals surface area contributed by atoms with Crippen molar-refractivity contribution in [2.75, 3.05) is 33.2 Å². The van der Waals surface area contributed by atoms with Crippen LogP contribution in [0, 0.1) is 18.8 Å². The molecule has 0 N–H and O–H groups in total. The Morgan fingerprint density at radius 3 is 2.07 bits per heavy atom. The molecule has 0 aromatic heterocycles. The lowest BCUT2D eigenvalue weighted by atomic mass is 9.90. The zero-order chi connectivity index (χ0) is 11.3. The summed E-state index contributed by atoms with van der Waals surface area (Å²) in [7, 11) is 2.17. The van der Waals surface area contributed by atoms with Gasteiger partial charge in [-0.3, -0.25) is 4.90 Å². The molecule has 1 rings (SSSR count). The van der Waals surface area contributed by atoms with Crippen LogP contribution in [0.1, 0.15) is 26.7 Å². The molecule has 0 amide bonds. The maximum atomic E-state index is 5.40. The van der Waals surface area contributed by atoms with E-state index in [0.29, 0.717) is 0 Å². The topological polar surface area (TPSA) is 6.48 Å². The summed E-state index contributed by atoms with van der Waals surface area (Å²) >= 11 is 0. The first-order valence-electron chi connectivity index (χ1n) is 5.85. The maximum Gasteiger partial charge on any atom is 0.0821 e. The molecule has 2 heteroatoms. The molecule has 84 valence electrons.